The second-order valence-electron chi connectivity index (χ2n) is 7.94. The lowest BCUT2D eigenvalue weighted by Gasteiger charge is -2.20. The van der Waals surface area contributed by atoms with Crippen molar-refractivity contribution in [3.8, 4) is 5.69 Å². The van der Waals surface area contributed by atoms with E-state index in [1.165, 1.54) is 5.69 Å². The second-order valence-corrected chi connectivity index (χ2v) is 7.94. The van der Waals surface area contributed by atoms with Crippen LogP contribution in [0, 0.1) is 6.92 Å². The fraction of sp³-hybridized carbons (Fsp3) is 0.192. The number of nitrogens with zero attached hydrogens (tertiary/aromatic N) is 4. The summed E-state index contributed by atoms with van der Waals surface area (Å²) in [5.74, 6) is -0.0272. The van der Waals surface area contributed by atoms with Crippen molar-refractivity contribution in [3.63, 3.8) is 0 Å². The van der Waals surface area contributed by atoms with Crippen LogP contribution in [0.4, 0.5) is 11.4 Å². The van der Waals surface area contributed by atoms with Crippen molar-refractivity contribution >= 4 is 39.3 Å². The second kappa shape index (κ2) is 8.43. The van der Waals surface area contributed by atoms with E-state index < -0.39 is 0 Å². The van der Waals surface area contributed by atoms with Gasteiger partial charge in [0, 0.05) is 29.9 Å². The van der Waals surface area contributed by atoms with Gasteiger partial charge < -0.3 is 14.6 Å². The molecule has 2 aromatic heterocycles. The van der Waals surface area contributed by atoms with Gasteiger partial charge in [0.25, 0.3) is 5.91 Å². The number of amides is 1. The Morgan fingerprint density at radius 2 is 1.67 bits per heavy atom. The summed E-state index contributed by atoms with van der Waals surface area (Å²) in [5.41, 5.74) is 5.78. The first-order valence-corrected chi connectivity index (χ1v) is 11.1. The van der Waals surface area contributed by atoms with Gasteiger partial charge in [-0.3, -0.25) is 4.79 Å². The number of nitrogens with one attached hydrogen (secondary N) is 1. The van der Waals surface area contributed by atoms with Gasteiger partial charge in [0.15, 0.2) is 5.76 Å². The van der Waals surface area contributed by atoms with E-state index in [1.807, 2.05) is 55.5 Å². The van der Waals surface area contributed by atoms with Crippen LogP contribution < -0.4 is 10.2 Å². The first-order chi connectivity index (χ1) is 16.1. The summed E-state index contributed by atoms with van der Waals surface area (Å²) in [6, 6.07) is 21.3. The summed E-state index contributed by atoms with van der Waals surface area (Å²) in [6.07, 6.45) is 0. The van der Waals surface area contributed by atoms with Crippen LogP contribution in [0.3, 0.4) is 0 Å². The van der Waals surface area contributed by atoms with Crippen molar-refractivity contribution < 1.29 is 9.21 Å². The molecule has 7 nitrogen and oxygen atoms in total. The number of carbonyl (C=O) groups is 1. The molecule has 0 aliphatic carbocycles. The number of hydrogen-bond acceptors (Lipinski definition) is 5. The lowest BCUT2D eigenvalue weighted by Crippen LogP contribution is -2.21. The van der Waals surface area contributed by atoms with Gasteiger partial charge in [0.1, 0.15) is 16.6 Å². The molecular weight excluding hydrogens is 414 g/mol. The highest BCUT2D eigenvalue weighted by molar-refractivity contribution is 6.05. The van der Waals surface area contributed by atoms with E-state index in [-0.39, 0.29) is 11.7 Å². The van der Waals surface area contributed by atoms with Crippen molar-refractivity contribution in [2.75, 3.05) is 23.3 Å². The van der Waals surface area contributed by atoms with E-state index in [1.54, 1.807) is 10.9 Å². The van der Waals surface area contributed by atoms with Crippen molar-refractivity contribution in [1.82, 2.24) is 15.0 Å². The summed E-state index contributed by atoms with van der Waals surface area (Å²) >= 11 is 0. The average molecular weight is 440 g/mol. The molecule has 5 aromatic rings. The van der Waals surface area contributed by atoms with Gasteiger partial charge in [-0.05, 0) is 74.9 Å². The molecule has 0 saturated heterocycles. The van der Waals surface area contributed by atoms with E-state index in [9.17, 15) is 4.79 Å². The highest BCUT2D eigenvalue weighted by atomic mass is 16.3. The summed E-state index contributed by atoms with van der Waals surface area (Å²) in [4.78, 5) is 16.7. The van der Waals surface area contributed by atoms with Crippen molar-refractivity contribution in [2.45, 2.75) is 20.8 Å². The number of carbonyl (C=O) groups excluding carboxylic acids is 1. The summed E-state index contributed by atoms with van der Waals surface area (Å²) in [7, 11) is 0. The Hall–Kier alpha value is -4.13. The lowest BCUT2D eigenvalue weighted by molar-refractivity contribution is 0.0998. The minimum absolute atomic E-state index is 0.271. The number of furan rings is 1. The maximum absolute atomic E-state index is 12.8. The van der Waals surface area contributed by atoms with E-state index >= 15 is 0 Å². The molecule has 2 heterocycles. The summed E-state index contributed by atoms with van der Waals surface area (Å²) < 4.78 is 5.69. The molecule has 1 amide bonds. The number of rotatable bonds is 6. The average Bonchev–Trinajstić information content (AvgIpc) is 3.44. The standard InChI is InChI=1S/C26H25N5O2/c1-4-30(5-2)19-10-12-20(13-11-19)31-28-22-14-17(3)21(16-23(22)29-31)27-26(32)25-15-18-8-6-7-9-24(18)33-25/h6-16H,4-5H2,1-3H3,(H,27,32). The molecule has 3 aromatic carbocycles. The Kier molecular flexibility index (Phi) is 5.30. The van der Waals surface area contributed by atoms with Crippen LogP contribution in [0.15, 0.2) is 71.1 Å². The van der Waals surface area contributed by atoms with E-state index in [4.69, 9.17) is 4.42 Å². The molecule has 0 spiro atoms. The Bertz CT molecular complexity index is 1410. The van der Waals surface area contributed by atoms with Crippen molar-refractivity contribution in [2.24, 2.45) is 0 Å². The van der Waals surface area contributed by atoms with Gasteiger partial charge in [-0.25, -0.2) is 0 Å². The van der Waals surface area contributed by atoms with Crippen LogP contribution in [0.1, 0.15) is 30.0 Å². The minimum atomic E-state index is -0.298. The minimum Gasteiger partial charge on any atom is -0.451 e. The topological polar surface area (TPSA) is 76.2 Å². The van der Waals surface area contributed by atoms with Gasteiger partial charge in [0.05, 0.1) is 5.69 Å². The normalized spacial score (nSPS) is 11.2. The molecule has 1 N–H and O–H groups in total. The van der Waals surface area contributed by atoms with Crippen molar-refractivity contribution in [3.05, 3.63) is 78.1 Å². The van der Waals surface area contributed by atoms with Crippen LogP contribution in [-0.2, 0) is 0 Å². The molecule has 0 saturated carbocycles. The molecule has 0 fully saturated rings. The van der Waals surface area contributed by atoms with Crippen LogP contribution >= 0.6 is 0 Å². The molecule has 0 aliphatic rings. The van der Waals surface area contributed by atoms with Gasteiger partial charge in [-0.1, -0.05) is 18.2 Å². The third-order valence-electron chi connectivity index (χ3n) is 5.83. The number of para-hydroxylation sites is 1. The number of anilines is 2. The van der Waals surface area contributed by atoms with Gasteiger partial charge in [-0.2, -0.15) is 4.80 Å². The number of benzene rings is 3. The van der Waals surface area contributed by atoms with E-state index in [2.05, 4.69) is 46.4 Å². The molecule has 7 heteroatoms. The Balaban J connectivity index is 1.41. The molecular formula is C26H25N5O2. The molecule has 33 heavy (non-hydrogen) atoms. The van der Waals surface area contributed by atoms with Crippen LogP contribution in [0.25, 0.3) is 27.7 Å². The third-order valence-corrected chi connectivity index (χ3v) is 5.83. The lowest BCUT2D eigenvalue weighted by atomic mass is 10.1. The molecule has 0 unspecified atom stereocenters. The number of hydrogen-bond donors (Lipinski definition) is 1. The monoisotopic (exact) mass is 439 g/mol. The molecule has 166 valence electrons. The van der Waals surface area contributed by atoms with E-state index in [0.717, 1.165) is 35.2 Å². The molecule has 0 atom stereocenters. The zero-order valence-electron chi connectivity index (χ0n) is 18.9. The van der Waals surface area contributed by atoms with Crippen LogP contribution in [0.2, 0.25) is 0 Å². The van der Waals surface area contributed by atoms with Crippen molar-refractivity contribution in [1.29, 1.82) is 0 Å². The Labute approximate surface area is 191 Å². The predicted molar refractivity (Wildman–Crippen MR) is 131 cm³/mol. The van der Waals surface area contributed by atoms with E-state index in [0.29, 0.717) is 16.8 Å². The molecule has 0 bridgehead atoms. The highest BCUT2D eigenvalue weighted by Gasteiger charge is 2.15. The maximum atomic E-state index is 12.8. The number of fused-ring (bicyclic) bond motifs is 2. The molecule has 5 rings (SSSR count). The first-order valence-electron chi connectivity index (χ1n) is 11.1. The fourth-order valence-corrected chi connectivity index (χ4v) is 3.98. The Morgan fingerprint density at radius 3 is 2.36 bits per heavy atom. The zero-order chi connectivity index (χ0) is 22.9. The highest BCUT2D eigenvalue weighted by Crippen LogP contribution is 2.25. The predicted octanol–water partition coefficient (Wildman–Crippen LogP) is 5.57. The smallest absolute Gasteiger partial charge is 0.291 e. The van der Waals surface area contributed by atoms with Crippen LogP contribution in [0.5, 0.6) is 0 Å². The van der Waals surface area contributed by atoms with Gasteiger partial charge >= 0.3 is 0 Å². The van der Waals surface area contributed by atoms with Gasteiger partial charge in [0.2, 0.25) is 0 Å². The zero-order valence-corrected chi connectivity index (χ0v) is 18.9. The maximum Gasteiger partial charge on any atom is 0.291 e. The summed E-state index contributed by atoms with van der Waals surface area (Å²) in [5, 5.41) is 13.1. The van der Waals surface area contributed by atoms with Gasteiger partial charge in [-0.15, -0.1) is 10.2 Å². The number of aryl methyl sites for hydroxylation is 1. The van der Waals surface area contributed by atoms with Crippen LogP contribution in [-0.4, -0.2) is 34.0 Å². The fourth-order valence-electron chi connectivity index (χ4n) is 3.98. The number of aromatic nitrogens is 3. The quantitative estimate of drug-likeness (QED) is 0.374. The summed E-state index contributed by atoms with van der Waals surface area (Å²) in [6.45, 7) is 8.15. The molecule has 0 radical (unpaired) electrons. The molecule has 0 aliphatic heterocycles. The first kappa shape index (κ1) is 20.8. The largest absolute Gasteiger partial charge is 0.451 e. The Morgan fingerprint density at radius 1 is 0.970 bits per heavy atom. The SMILES string of the molecule is CCN(CC)c1ccc(-n2nc3cc(C)c(NC(=O)c4cc5ccccc5o4)cc3n2)cc1. The third kappa shape index (κ3) is 3.93.